The van der Waals surface area contributed by atoms with Crippen molar-refractivity contribution in [1.82, 2.24) is 21.3 Å². The molecule has 0 aromatic heterocycles. The molecule has 11 nitrogen and oxygen atoms in total. The van der Waals surface area contributed by atoms with Crippen molar-refractivity contribution in [3.63, 3.8) is 0 Å². The van der Waals surface area contributed by atoms with E-state index in [0.717, 1.165) is 5.56 Å². The maximum absolute atomic E-state index is 13.6. The number of carbonyl (C=O) groups excluding carboxylic acids is 5. The van der Waals surface area contributed by atoms with Crippen molar-refractivity contribution in [2.24, 2.45) is 23.3 Å². The van der Waals surface area contributed by atoms with Gasteiger partial charge in [-0.25, -0.2) is 0 Å². The summed E-state index contributed by atoms with van der Waals surface area (Å²) in [5, 5.41) is 11.0. The highest BCUT2D eigenvalue weighted by atomic mass is 16.2. The van der Waals surface area contributed by atoms with Crippen molar-refractivity contribution in [2.75, 3.05) is 6.54 Å². The molecule has 5 amide bonds. The molecule has 40 heavy (non-hydrogen) atoms. The highest BCUT2D eigenvalue weighted by Gasteiger charge is 2.34. The molecule has 8 N–H and O–H groups in total. The molecule has 1 aromatic carbocycles. The third-order valence-electron chi connectivity index (χ3n) is 7.17. The minimum absolute atomic E-state index is 0.161. The van der Waals surface area contributed by atoms with Crippen LogP contribution in [0.5, 0.6) is 0 Å². The Labute approximate surface area is 238 Å². The van der Waals surface area contributed by atoms with Crippen LogP contribution in [0, 0.1) is 11.8 Å². The van der Waals surface area contributed by atoms with Gasteiger partial charge in [-0.05, 0) is 43.2 Å². The van der Waals surface area contributed by atoms with E-state index in [1.54, 1.807) is 0 Å². The van der Waals surface area contributed by atoms with E-state index in [9.17, 15) is 24.0 Å². The van der Waals surface area contributed by atoms with E-state index in [2.05, 4.69) is 21.3 Å². The Kier molecular flexibility index (Phi) is 15.5. The lowest BCUT2D eigenvalue weighted by molar-refractivity contribution is -0.135. The van der Waals surface area contributed by atoms with E-state index in [-0.39, 0.29) is 24.2 Å². The zero-order valence-electron chi connectivity index (χ0n) is 24.5. The van der Waals surface area contributed by atoms with Gasteiger partial charge in [-0.1, -0.05) is 70.9 Å². The van der Waals surface area contributed by atoms with E-state index < -0.39 is 47.8 Å². The number of amides is 5. The Morgan fingerprint density at radius 3 is 1.77 bits per heavy atom. The number of benzene rings is 1. The van der Waals surface area contributed by atoms with Crippen molar-refractivity contribution in [3.05, 3.63) is 35.9 Å². The molecule has 0 fully saturated rings. The Morgan fingerprint density at radius 2 is 1.27 bits per heavy atom. The third-order valence-corrected chi connectivity index (χ3v) is 7.17. The van der Waals surface area contributed by atoms with Crippen LogP contribution in [0.15, 0.2) is 30.3 Å². The number of hydrogen-bond donors (Lipinski definition) is 6. The molecule has 0 heterocycles. The van der Waals surface area contributed by atoms with Gasteiger partial charge in [-0.15, -0.1) is 0 Å². The molecule has 0 saturated carbocycles. The topological polar surface area (TPSA) is 186 Å². The van der Waals surface area contributed by atoms with Crippen LogP contribution in [0.1, 0.15) is 72.3 Å². The lowest BCUT2D eigenvalue weighted by Gasteiger charge is -2.30. The quantitative estimate of drug-likeness (QED) is 0.145. The van der Waals surface area contributed by atoms with Gasteiger partial charge in [0.2, 0.25) is 29.5 Å². The Balaban J connectivity index is 3.21. The van der Waals surface area contributed by atoms with Crippen LogP contribution in [0.4, 0.5) is 0 Å². The monoisotopic (exact) mass is 560 g/mol. The first kappa shape index (κ1) is 34.6. The highest BCUT2D eigenvalue weighted by Crippen LogP contribution is 2.13. The van der Waals surface area contributed by atoms with Crippen LogP contribution in [0.3, 0.4) is 0 Å². The third kappa shape index (κ3) is 11.7. The fourth-order valence-corrected chi connectivity index (χ4v) is 4.24. The summed E-state index contributed by atoms with van der Waals surface area (Å²) in [4.78, 5) is 64.0. The standard InChI is InChI=1S/C29H48N6O5/c1-6-18(3)24(32-20(5)36)29(40)35-25(19(4)7-2)28(39)34-23(17-21-13-9-8-10-14-21)27(38)33-22(26(31)37)15-11-12-16-30/h8-10,13-14,18-19,22-25H,6-7,11-12,15-17,30H2,1-5H3,(H2,31,37)(H,32,36)(H,33,38)(H,34,39)(H,35,40)/t18-,19-,22-,23-,24-,25-/m0/s1. The van der Waals surface area contributed by atoms with E-state index in [4.69, 9.17) is 11.5 Å². The molecule has 0 unspecified atom stereocenters. The normalized spacial score (nSPS) is 15.4. The first-order chi connectivity index (χ1) is 18.9. The van der Waals surface area contributed by atoms with E-state index in [0.29, 0.717) is 38.6 Å². The number of rotatable bonds is 18. The van der Waals surface area contributed by atoms with E-state index >= 15 is 0 Å². The maximum Gasteiger partial charge on any atom is 0.243 e. The lowest BCUT2D eigenvalue weighted by atomic mass is 9.94. The number of primary amides is 1. The fraction of sp³-hybridized carbons (Fsp3) is 0.621. The van der Waals surface area contributed by atoms with Crippen molar-refractivity contribution >= 4 is 29.5 Å². The van der Waals surface area contributed by atoms with Crippen LogP contribution in [-0.2, 0) is 30.4 Å². The second kappa shape index (κ2) is 18.0. The number of carbonyl (C=O) groups is 5. The van der Waals surface area contributed by atoms with Gasteiger partial charge in [0.15, 0.2) is 0 Å². The predicted octanol–water partition coefficient (Wildman–Crippen LogP) is 0.895. The lowest BCUT2D eigenvalue weighted by Crippen LogP contribution is -2.60. The summed E-state index contributed by atoms with van der Waals surface area (Å²) in [7, 11) is 0. The zero-order valence-corrected chi connectivity index (χ0v) is 24.5. The summed E-state index contributed by atoms with van der Waals surface area (Å²) in [6.07, 6.45) is 2.99. The molecule has 11 heteroatoms. The Morgan fingerprint density at radius 1 is 0.750 bits per heavy atom. The second-order valence-corrected chi connectivity index (χ2v) is 10.4. The molecule has 0 spiro atoms. The van der Waals surface area contributed by atoms with E-state index in [1.165, 1.54) is 6.92 Å². The summed E-state index contributed by atoms with van der Waals surface area (Å²) in [6, 6.07) is 5.44. The highest BCUT2D eigenvalue weighted by molar-refractivity contribution is 5.95. The molecule has 0 aliphatic carbocycles. The molecular weight excluding hydrogens is 512 g/mol. The molecule has 0 radical (unpaired) electrons. The van der Waals surface area contributed by atoms with Gasteiger partial charge < -0.3 is 32.7 Å². The Bertz CT molecular complexity index is 973. The van der Waals surface area contributed by atoms with Gasteiger partial charge >= 0.3 is 0 Å². The van der Waals surface area contributed by atoms with Crippen LogP contribution in [-0.4, -0.2) is 60.2 Å². The molecule has 6 atom stereocenters. The smallest absolute Gasteiger partial charge is 0.243 e. The predicted molar refractivity (Wildman–Crippen MR) is 155 cm³/mol. The molecule has 1 aromatic rings. The number of unbranched alkanes of at least 4 members (excludes halogenated alkanes) is 1. The molecule has 0 saturated heterocycles. The van der Waals surface area contributed by atoms with E-state index in [1.807, 2.05) is 58.0 Å². The number of nitrogens with one attached hydrogen (secondary N) is 4. The van der Waals surface area contributed by atoms with Crippen LogP contribution in [0.2, 0.25) is 0 Å². The average molecular weight is 561 g/mol. The van der Waals surface area contributed by atoms with Gasteiger partial charge in [0.25, 0.3) is 0 Å². The second-order valence-electron chi connectivity index (χ2n) is 10.4. The molecule has 1 rings (SSSR count). The fourth-order valence-electron chi connectivity index (χ4n) is 4.24. The summed E-state index contributed by atoms with van der Waals surface area (Å²) >= 11 is 0. The minimum atomic E-state index is -1.03. The van der Waals surface area contributed by atoms with Crippen molar-refractivity contribution in [2.45, 2.75) is 97.3 Å². The van der Waals surface area contributed by atoms with Gasteiger partial charge in [0, 0.05) is 13.3 Å². The van der Waals surface area contributed by atoms with Gasteiger partial charge in [-0.2, -0.15) is 0 Å². The summed E-state index contributed by atoms with van der Waals surface area (Å²) in [5.41, 5.74) is 11.9. The molecule has 224 valence electrons. The van der Waals surface area contributed by atoms with Crippen molar-refractivity contribution in [3.8, 4) is 0 Å². The Hall–Kier alpha value is -3.47. The summed E-state index contributed by atoms with van der Waals surface area (Å²) in [6.45, 7) is 9.27. The molecular formula is C29H48N6O5. The van der Waals surface area contributed by atoms with Crippen LogP contribution >= 0.6 is 0 Å². The zero-order chi connectivity index (χ0) is 30.2. The summed E-state index contributed by atoms with van der Waals surface area (Å²) in [5.74, 6) is -3.01. The van der Waals surface area contributed by atoms with Crippen LogP contribution in [0.25, 0.3) is 0 Å². The first-order valence-corrected chi connectivity index (χ1v) is 14.2. The molecule has 0 aliphatic rings. The van der Waals surface area contributed by atoms with Gasteiger partial charge in [-0.3, -0.25) is 24.0 Å². The van der Waals surface area contributed by atoms with Gasteiger partial charge in [0.1, 0.15) is 24.2 Å². The summed E-state index contributed by atoms with van der Waals surface area (Å²) < 4.78 is 0. The largest absolute Gasteiger partial charge is 0.368 e. The maximum atomic E-state index is 13.6. The number of hydrogen-bond acceptors (Lipinski definition) is 6. The SMILES string of the molecule is CC[C@H](C)[C@H](NC(C)=O)C(=O)N[C@H](C(=O)N[C@@H](Cc1ccccc1)C(=O)N[C@@H](CCCCN)C(N)=O)[C@@H](C)CC. The molecule has 0 bridgehead atoms. The van der Waals surface area contributed by atoms with Crippen molar-refractivity contribution < 1.29 is 24.0 Å². The van der Waals surface area contributed by atoms with Gasteiger partial charge in [0.05, 0.1) is 0 Å². The number of nitrogens with two attached hydrogens (primary N) is 2. The minimum Gasteiger partial charge on any atom is -0.368 e. The van der Waals surface area contributed by atoms with Crippen LogP contribution < -0.4 is 32.7 Å². The molecule has 0 aliphatic heterocycles. The van der Waals surface area contributed by atoms with Crippen molar-refractivity contribution in [1.29, 1.82) is 0 Å². The average Bonchev–Trinajstić information content (AvgIpc) is 2.92. The first-order valence-electron chi connectivity index (χ1n) is 14.2.